The van der Waals surface area contributed by atoms with Gasteiger partial charge in [-0.25, -0.2) is 0 Å². The molecule has 5 nitrogen and oxygen atoms in total. The number of anilines is 1. The maximum Gasteiger partial charge on any atom is 0.185 e. The lowest BCUT2D eigenvalue weighted by molar-refractivity contribution is 0.104. The summed E-state index contributed by atoms with van der Waals surface area (Å²) in [7, 11) is 7.27. The van der Waals surface area contributed by atoms with Crippen LogP contribution in [0.5, 0.6) is 11.5 Å². The van der Waals surface area contributed by atoms with Crippen molar-refractivity contribution in [1.82, 2.24) is 4.90 Å². The largest absolute Gasteiger partial charge is 0.497 e. The molecule has 2 aromatic carbocycles. The van der Waals surface area contributed by atoms with Crippen molar-refractivity contribution in [3.05, 3.63) is 59.7 Å². The van der Waals surface area contributed by atoms with Crippen LogP contribution in [0.15, 0.2) is 48.5 Å². The Balaban J connectivity index is 2.02. The molecular weight excluding hydrogens is 328 g/mol. The van der Waals surface area contributed by atoms with Gasteiger partial charge in [0.05, 0.1) is 14.2 Å². The third-order valence-electron chi connectivity index (χ3n) is 3.86. The van der Waals surface area contributed by atoms with Crippen molar-refractivity contribution in [2.24, 2.45) is 0 Å². The molecule has 0 amide bonds. The van der Waals surface area contributed by atoms with Gasteiger partial charge in [0.15, 0.2) is 5.78 Å². The van der Waals surface area contributed by atoms with Gasteiger partial charge >= 0.3 is 0 Å². The molecule has 0 fully saturated rings. The van der Waals surface area contributed by atoms with Crippen LogP contribution in [-0.4, -0.2) is 52.1 Å². The van der Waals surface area contributed by atoms with Crippen LogP contribution in [0.2, 0.25) is 0 Å². The summed E-state index contributed by atoms with van der Waals surface area (Å²) < 4.78 is 10.5. The highest BCUT2D eigenvalue weighted by Gasteiger charge is 2.04. The molecule has 0 saturated heterocycles. The highest BCUT2D eigenvalue weighted by molar-refractivity contribution is 6.07. The van der Waals surface area contributed by atoms with E-state index in [1.54, 1.807) is 32.4 Å². The van der Waals surface area contributed by atoms with E-state index >= 15 is 0 Å². The van der Waals surface area contributed by atoms with Crippen molar-refractivity contribution in [3.8, 4) is 11.5 Å². The Kier molecular flexibility index (Phi) is 7.24. The Morgan fingerprint density at radius 1 is 1.04 bits per heavy atom. The van der Waals surface area contributed by atoms with Gasteiger partial charge in [-0.05, 0) is 62.1 Å². The molecule has 0 atom stereocenters. The number of ether oxygens (including phenoxy) is 2. The molecule has 2 rings (SSSR count). The van der Waals surface area contributed by atoms with Crippen LogP contribution < -0.4 is 14.8 Å². The molecule has 138 valence electrons. The van der Waals surface area contributed by atoms with E-state index in [1.807, 2.05) is 50.5 Å². The highest BCUT2D eigenvalue weighted by Crippen LogP contribution is 2.23. The topological polar surface area (TPSA) is 50.8 Å². The summed E-state index contributed by atoms with van der Waals surface area (Å²) in [6, 6.07) is 13.0. The number of nitrogens with zero attached hydrogens (tertiary/aromatic N) is 1. The van der Waals surface area contributed by atoms with Crippen LogP contribution in [0, 0.1) is 0 Å². The fourth-order valence-corrected chi connectivity index (χ4v) is 2.37. The number of carbonyl (C=O) groups excluding carboxylic acids is 1. The molecule has 0 bridgehead atoms. The molecule has 26 heavy (non-hydrogen) atoms. The molecule has 5 heteroatoms. The normalized spacial score (nSPS) is 11.0. The van der Waals surface area contributed by atoms with Crippen LogP contribution in [0.4, 0.5) is 5.69 Å². The summed E-state index contributed by atoms with van der Waals surface area (Å²) in [6.07, 6.45) is 3.32. The fourth-order valence-electron chi connectivity index (χ4n) is 2.37. The van der Waals surface area contributed by atoms with E-state index < -0.39 is 0 Å². The van der Waals surface area contributed by atoms with E-state index in [2.05, 4.69) is 10.2 Å². The molecule has 0 saturated carbocycles. The van der Waals surface area contributed by atoms with Crippen molar-refractivity contribution in [2.75, 3.05) is 46.7 Å². The van der Waals surface area contributed by atoms with Gasteiger partial charge in [-0.2, -0.15) is 0 Å². The second-order valence-electron chi connectivity index (χ2n) is 6.15. The van der Waals surface area contributed by atoms with Crippen molar-refractivity contribution >= 4 is 17.5 Å². The number of carbonyl (C=O) groups is 1. The van der Waals surface area contributed by atoms with Gasteiger partial charge in [0.2, 0.25) is 0 Å². The second kappa shape index (κ2) is 9.63. The third-order valence-corrected chi connectivity index (χ3v) is 3.86. The molecule has 0 radical (unpaired) electrons. The van der Waals surface area contributed by atoms with E-state index in [0.29, 0.717) is 17.1 Å². The average molecular weight is 354 g/mol. The smallest absolute Gasteiger partial charge is 0.185 e. The van der Waals surface area contributed by atoms with Crippen molar-refractivity contribution in [3.63, 3.8) is 0 Å². The van der Waals surface area contributed by atoms with Crippen molar-refractivity contribution in [2.45, 2.75) is 0 Å². The van der Waals surface area contributed by atoms with Crippen LogP contribution >= 0.6 is 0 Å². The quantitative estimate of drug-likeness (QED) is 0.551. The molecule has 1 N–H and O–H groups in total. The lowest BCUT2D eigenvalue weighted by Gasteiger charge is -2.11. The number of hydrogen-bond acceptors (Lipinski definition) is 5. The Labute approximate surface area is 155 Å². The first-order valence-corrected chi connectivity index (χ1v) is 8.46. The van der Waals surface area contributed by atoms with Crippen molar-refractivity contribution < 1.29 is 14.3 Å². The Bertz CT molecular complexity index is 730. The van der Waals surface area contributed by atoms with E-state index in [4.69, 9.17) is 9.47 Å². The van der Waals surface area contributed by atoms with Gasteiger partial charge < -0.3 is 19.7 Å². The van der Waals surface area contributed by atoms with E-state index in [-0.39, 0.29) is 5.78 Å². The monoisotopic (exact) mass is 354 g/mol. The third kappa shape index (κ3) is 5.93. The predicted octanol–water partition coefficient (Wildman–Crippen LogP) is 3.57. The summed E-state index contributed by atoms with van der Waals surface area (Å²) in [5.41, 5.74) is 2.50. The second-order valence-corrected chi connectivity index (χ2v) is 6.15. The van der Waals surface area contributed by atoms with Crippen LogP contribution in [0.1, 0.15) is 15.9 Å². The van der Waals surface area contributed by atoms with Gasteiger partial charge in [0.25, 0.3) is 0 Å². The minimum atomic E-state index is -0.0494. The van der Waals surface area contributed by atoms with Crippen LogP contribution in [0.3, 0.4) is 0 Å². The lowest BCUT2D eigenvalue weighted by Crippen LogP contribution is -2.20. The maximum atomic E-state index is 12.4. The first-order valence-electron chi connectivity index (χ1n) is 8.46. The zero-order chi connectivity index (χ0) is 18.9. The molecule has 0 spiro atoms. The highest BCUT2D eigenvalue weighted by atomic mass is 16.5. The number of hydrogen-bond donors (Lipinski definition) is 1. The van der Waals surface area contributed by atoms with Gasteiger partial charge in [-0.15, -0.1) is 0 Å². The van der Waals surface area contributed by atoms with Gasteiger partial charge in [0, 0.05) is 30.4 Å². The van der Waals surface area contributed by atoms with Crippen LogP contribution in [0.25, 0.3) is 6.08 Å². The fraction of sp³-hybridized carbons (Fsp3) is 0.286. The zero-order valence-corrected chi connectivity index (χ0v) is 15.8. The van der Waals surface area contributed by atoms with E-state index in [1.165, 1.54) is 0 Å². The Morgan fingerprint density at radius 2 is 1.65 bits per heavy atom. The predicted molar refractivity (Wildman–Crippen MR) is 106 cm³/mol. The summed E-state index contributed by atoms with van der Waals surface area (Å²) in [5, 5.41) is 3.33. The first kappa shape index (κ1) is 19.5. The minimum absolute atomic E-state index is 0.0494. The Hall–Kier alpha value is -2.79. The summed E-state index contributed by atoms with van der Waals surface area (Å²) >= 11 is 0. The number of nitrogens with one attached hydrogen (secondary N) is 1. The number of rotatable bonds is 9. The lowest BCUT2D eigenvalue weighted by atomic mass is 10.1. The van der Waals surface area contributed by atoms with E-state index in [0.717, 1.165) is 24.3 Å². The SMILES string of the molecule is COc1cc(C=CC(=O)c2ccc(NCCN(C)C)cc2)cc(OC)c1. The number of methoxy groups -OCH3 is 2. The Morgan fingerprint density at radius 3 is 2.19 bits per heavy atom. The van der Waals surface area contributed by atoms with Crippen LogP contribution in [-0.2, 0) is 0 Å². The molecule has 0 aliphatic carbocycles. The number of likely N-dealkylation sites (N-methyl/N-ethyl adjacent to an activating group) is 1. The van der Waals surface area contributed by atoms with Gasteiger partial charge in [0.1, 0.15) is 11.5 Å². The zero-order valence-electron chi connectivity index (χ0n) is 15.8. The molecule has 0 heterocycles. The number of allylic oxidation sites excluding steroid dienone is 1. The summed E-state index contributed by atoms with van der Waals surface area (Å²) in [6.45, 7) is 1.81. The molecule has 0 aliphatic rings. The van der Waals surface area contributed by atoms with Gasteiger partial charge in [-0.3, -0.25) is 4.79 Å². The maximum absolute atomic E-state index is 12.4. The minimum Gasteiger partial charge on any atom is -0.497 e. The molecular formula is C21H26N2O3. The molecule has 0 unspecified atom stereocenters. The summed E-state index contributed by atoms with van der Waals surface area (Å²) in [4.78, 5) is 14.5. The summed E-state index contributed by atoms with van der Waals surface area (Å²) in [5.74, 6) is 1.32. The van der Waals surface area contributed by atoms with Gasteiger partial charge in [-0.1, -0.05) is 6.08 Å². The number of ketones is 1. The van der Waals surface area contributed by atoms with Crippen molar-refractivity contribution in [1.29, 1.82) is 0 Å². The van der Waals surface area contributed by atoms with E-state index in [9.17, 15) is 4.79 Å². The standard InChI is InChI=1S/C21H26N2O3/c1-23(2)12-11-22-18-8-6-17(7-9-18)21(24)10-5-16-13-19(25-3)15-20(14-16)26-4/h5-10,13-15,22H,11-12H2,1-4H3. The molecule has 2 aromatic rings. The molecule has 0 aromatic heterocycles. The molecule has 0 aliphatic heterocycles. The average Bonchev–Trinajstić information content (AvgIpc) is 2.66. The first-order chi connectivity index (χ1) is 12.5. The number of benzene rings is 2.